The summed E-state index contributed by atoms with van der Waals surface area (Å²) in [7, 11) is 1.65. The highest BCUT2D eigenvalue weighted by atomic mass is 16.5. The third kappa shape index (κ3) is 3.01. The molecule has 0 aliphatic carbocycles. The van der Waals surface area contributed by atoms with Crippen molar-refractivity contribution in [1.82, 2.24) is 9.78 Å². The second-order valence-electron chi connectivity index (χ2n) is 3.83. The molecule has 0 fully saturated rings. The van der Waals surface area contributed by atoms with Gasteiger partial charge in [-0.1, -0.05) is 18.2 Å². The van der Waals surface area contributed by atoms with Crippen LogP contribution in [-0.2, 0) is 13.2 Å². The minimum atomic E-state index is 0.457. The third-order valence-electron chi connectivity index (χ3n) is 2.55. The Kier molecular flexibility index (Phi) is 4.20. The molecule has 0 amide bonds. The maximum absolute atomic E-state index is 5.66. The molecule has 0 saturated carbocycles. The Labute approximate surface area is 106 Å². The van der Waals surface area contributed by atoms with E-state index in [4.69, 9.17) is 15.2 Å². The van der Waals surface area contributed by atoms with Crippen molar-refractivity contribution >= 4 is 0 Å². The number of ether oxygens (including phenoxy) is 2. The number of nitrogens with zero attached hydrogens (tertiary/aromatic N) is 2. The Balaban J connectivity index is 1.97. The number of aromatic nitrogens is 2. The van der Waals surface area contributed by atoms with Crippen LogP contribution in [0.2, 0.25) is 0 Å². The van der Waals surface area contributed by atoms with E-state index in [2.05, 4.69) is 5.10 Å². The van der Waals surface area contributed by atoms with Gasteiger partial charge in [-0.2, -0.15) is 5.10 Å². The summed E-state index contributed by atoms with van der Waals surface area (Å²) in [5.74, 6) is 1.56. The number of hydrogen-bond acceptors (Lipinski definition) is 4. The van der Waals surface area contributed by atoms with Crippen molar-refractivity contribution in [3.63, 3.8) is 0 Å². The lowest BCUT2D eigenvalue weighted by molar-refractivity contribution is 0.296. The van der Waals surface area contributed by atoms with E-state index in [9.17, 15) is 0 Å². The summed E-state index contributed by atoms with van der Waals surface area (Å²) in [5, 5.41) is 4.14. The highest BCUT2D eigenvalue weighted by Gasteiger charge is 2.04. The van der Waals surface area contributed by atoms with E-state index in [1.54, 1.807) is 18.0 Å². The number of benzene rings is 1. The molecule has 1 heterocycles. The smallest absolute Gasteiger partial charge is 0.157 e. The average Bonchev–Trinajstić information content (AvgIpc) is 2.85. The summed E-state index contributed by atoms with van der Waals surface area (Å²) in [6.07, 6.45) is 3.52. The zero-order valence-electron chi connectivity index (χ0n) is 10.4. The van der Waals surface area contributed by atoms with Gasteiger partial charge in [0.05, 0.1) is 26.0 Å². The van der Waals surface area contributed by atoms with Crippen LogP contribution in [0.3, 0.4) is 0 Å². The molecule has 0 radical (unpaired) electrons. The van der Waals surface area contributed by atoms with E-state index in [-0.39, 0.29) is 0 Å². The van der Waals surface area contributed by atoms with Crippen LogP contribution in [-0.4, -0.2) is 23.4 Å². The van der Waals surface area contributed by atoms with E-state index in [0.717, 1.165) is 17.1 Å². The van der Waals surface area contributed by atoms with Crippen LogP contribution in [0.5, 0.6) is 11.5 Å². The van der Waals surface area contributed by atoms with Gasteiger partial charge in [0, 0.05) is 12.1 Å². The van der Waals surface area contributed by atoms with Crippen LogP contribution in [0.4, 0.5) is 0 Å². The second-order valence-corrected chi connectivity index (χ2v) is 3.83. The molecule has 18 heavy (non-hydrogen) atoms. The standard InChI is InChI=1S/C13H17N3O2/c1-17-13-5-3-2-4-11(13)10-18-12-8-15-16(9-12)7-6-14/h2-5,8-9H,6-7,10,14H2,1H3. The number of hydrogen-bond donors (Lipinski definition) is 1. The number of para-hydroxylation sites is 1. The first-order chi connectivity index (χ1) is 8.83. The summed E-state index contributed by atoms with van der Waals surface area (Å²) in [6.45, 7) is 1.71. The summed E-state index contributed by atoms with van der Waals surface area (Å²) >= 11 is 0. The summed E-state index contributed by atoms with van der Waals surface area (Å²) in [6, 6.07) is 7.78. The first kappa shape index (κ1) is 12.4. The topological polar surface area (TPSA) is 62.3 Å². The van der Waals surface area contributed by atoms with Crippen LogP contribution >= 0.6 is 0 Å². The van der Waals surface area contributed by atoms with E-state index in [1.165, 1.54) is 0 Å². The molecule has 2 rings (SSSR count). The first-order valence-corrected chi connectivity index (χ1v) is 5.80. The molecule has 5 nitrogen and oxygen atoms in total. The predicted octanol–water partition coefficient (Wildman–Crippen LogP) is 1.43. The van der Waals surface area contributed by atoms with Crippen LogP contribution in [0.15, 0.2) is 36.7 Å². The zero-order chi connectivity index (χ0) is 12.8. The Bertz CT molecular complexity index is 496. The summed E-state index contributed by atoms with van der Waals surface area (Å²) < 4.78 is 12.7. The van der Waals surface area contributed by atoms with Crippen molar-refractivity contribution < 1.29 is 9.47 Å². The molecule has 0 bridgehead atoms. The molecule has 0 saturated heterocycles. The molecule has 5 heteroatoms. The van der Waals surface area contributed by atoms with Crippen molar-refractivity contribution in [2.75, 3.05) is 13.7 Å². The SMILES string of the molecule is COc1ccccc1COc1cnn(CCN)c1. The van der Waals surface area contributed by atoms with Crippen molar-refractivity contribution in [1.29, 1.82) is 0 Å². The van der Waals surface area contributed by atoms with E-state index in [1.807, 2.05) is 30.5 Å². The highest BCUT2D eigenvalue weighted by Crippen LogP contribution is 2.19. The van der Waals surface area contributed by atoms with E-state index in [0.29, 0.717) is 19.7 Å². The molecule has 2 aromatic rings. The number of rotatable bonds is 6. The van der Waals surface area contributed by atoms with Gasteiger partial charge in [0.25, 0.3) is 0 Å². The van der Waals surface area contributed by atoms with Gasteiger partial charge in [-0.25, -0.2) is 0 Å². The molecular formula is C13H17N3O2. The molecule has 2 N–H and O–H groups in total. The van der Waals surface area contributed by atoms with Gasteiger partial charge in [-0.05, 0) is 6.07 Å². The Morgan fingerprint density at radius 2 is 2.17 bits per heavy atom. The first-order valence-electron chi connectivity index (χ1n) is 5.80. The fourth-order valence-electron chi connectivity index (χ4n) is 1.66. The minimum Gasteiger partial charge on any atom is -0.496 e. The normalized spacial score (nSPS) is 10.3. The molecular weight excluding hydrogens is 230 g/mol. The molecule has 0 aliphatic rings. The van der Waals surface area contributed by atoms with Crippen molar-refractivity contribution in [3.8, 4) is 11.5 Å². The lowest BCUT2D eigenvalue weighted by atomic mass is 10.2. The molecule has 96 valence electrons. The minimum absolute atomic E-state index is 0.457. The fourth-order valence-corrected chi connectivity index (χ4v) is 1.66. The highest BCUT2D eigenvalue weighted by molar-refractivity contribution is 5.33. The average molecular weight is 247 g/mol. The van der Waals surface area contributed by atoms with Crippen molar-refractivity contribution in [2.24, 2.45) is 5.73 Å². The Hall–Kier alpha value is -2.01. The molecule has 0 spiro atoms. The van der Waals surface area contributed by atoms with Gasteiger partial charge in [0.15, 0.2) is 5.75 Å². The third-order valence-corrected chi connectivity index (χ3v) is 2.55. The van der Waals surface area contributed by atoms with Gasteiger partial charge in [0.2, 0.25) is 0 Å². The fraction of sp³-hybridized carbons (Fsp3) is 0.308. The van der Waals surface area contributed by atoms with Gasteiger partial charge in [-0.15, -0.1) is 0 Å². The number of nitrogens with two attached hydrogens (primary N) is 1. The van der Waals surface area contributed by atoms with Gasteiger partial charge in [-0.3, -0.25) is 4.68 Å². The lowest BCUT2D eigenvalue weighted by Crippen LogP contribution is -2.09. The lowest BCUT2D eigenvalue weighted by Gasteiger charge is -2.08. The van der Waals surface area contributed by atoms with E-state index < -0.39 is 0 Å². The zero-order valence-corrected chi connectivity index (χ0v) is 10.4. The maximum atomic E-state index is 5.66. The van der Waals surface area contributed by atoms with Crippen LogP contribution < -0.4 is 15.2 Å². The Morgan fingerprint density at radius 3 is 2.94 bits per heavy atom. The second kappa shape index (κ2) is 6.07. The quantitative estimate of drug-likeness (QED) is 0.838. The van der Waals surface area contributed by atoms with Gasteiger partial charge >= 0.3 is 0 Å². The van der Waals surface area contributed by atoms with Gasteiger partial charge < -0.3 is 15.2 Å². The van der Waals surface area contributed by atoms with Crippen LogP contribution in [0.25, 0.3) is 0 Å². The molecule has 1 aromatic carbocycles. The molecule has 1 aromatic heterocycles. The molecule has 0 unspecified atom stereocenters. The summed E-state index contributed by atoms with van der Waals surface area (Å²) in [4.78, 5) is 0. The molecule has 0 atom stereocenters. The molecule has 0 aliphatic heterocycles. The maximum Gasteiger partial charge on any atom is 0.157 e. The van der Waals surface area contributed by atoms with Crippen LogP contribution in [0, 0.1) is 0 Å². The van der Waals surface area contributed by atoms with Crippen molar-refractivity contribution in [2.45, 2.75) is 13.2 Å². The number of methoxy groups -OCH3 is 1. The van der Waals surface area contributed by atoms with Crippen molar-refractivity contribution in [3.05, 3.63) is 42.2 Å². The largest absolute Gasteiger partial charge is 0.496 e. The van der Waals surface area contributed by atoms with E-state index >= 15 is 0 Å². The summed E-state index contributed by atoms with van der Waals surface area (Å²) in [5.41, 5.74) is 6.46. The predicted molar refractivity (Wildman–Crippen MR) is 68.6 cm³/mol. The van der Waals surface area contributed by atoms with Crippen LogP contribution in [0.1, 0.15) is 5.56 Å². The monoisotopic (exact) mass is 247 g/mol. The van der Waals surface area contributed by atoms with Gasteiger partial charge in [0.1, 0.15) is 12.4 Å². The Morgan fingerprint density at radius 1 is 1.33 bits per heavy atom.